The lowest BCUT2D eigenvalue weighted by Crippen LogP contribution is -2.24. The van der Waals surface area contributed by atoms with E-state index in [2.05, 4.69) is 5.32 Å². The van der Waals surface area contributed by atoms with E-state index in [0.717, 1.165) is 6.42 Å². The fraction of sp³-hybridized carbons (Fsp3) is 0.417. The third-order valence-electron chi connectivity index (χ3n) is 2.56. The maximum atomic E-state index is 11.8. The molecule has 0 aliphatic carbocycles. The first-order valence-electron chi connectivity index (χ1n) is 5.70. The van der Waals surface area contributed by atoms with Crippen LogP contribution in [0, 0.1) is 0 Å². The molecule has 6 heteroatoms. The average Bonchev–Trinajstić information content (AvgIpc) is 2.83. The molecule has 2 rings (SSSR count). The van der Waals surface area contributed by atoms with Crippen LogP contribution in [0.4, 0.5) is 0 Å². The molecule has 0 fully saturated rings. The van der Waals surface area contributed by atoms with E-state index >= 15 is 0 Å². The van der Waals surface area contributed by atoms with Crippen LogP contribution in [0.25, 0.3) is 0 Å². The molecule has 1 aromatic rings. The number of carbonyl (C=O) groups is 1. The van der Waals surface area contributed by atoms with Crippen LogP contribution >= 0.6 is 11.6 Å². The topological polar surface area (TPSA) is 67.8 Å². The van der Waals surface area contributed by atoms with Crippen LogP contribution in [0.2, 0.25) is 5.02 Å². The highest BCUT2D eigenvalue weighted by molar-refractivity contribution is 6.32. The van der Waals surface area contributed by atoms with E-state index in [1.54, 1.807) is 12.1 Å². The molecule has 0 radical (unpaired) electrons. The first-order valence-corrected chi connectivity index (χ1v) is 6.08. The Morgan fingerprint density at radius 1 is 1.39 bits per heavy atom. The van der Waals surface area contributed by atoms with Gasteiger partial charge in [-0.15, -0.1) is 0 Å². The highest BCUT2D eigenvalue weighted by Gasteiger charge is 2.20. The number of aliphatic hydroxyl groups excluding tert-OH is 1. The van der Waals surface area contributed by atoms with Crippen molar-refractivity contribution >= 4 is 17.5 Å². The Hall–Kier alpha value is -1.46. The van der Waals surface area contributed by atoms with Gasteiger partial charge in [-0.2, -0.15) is 0 Å². The second-order valence-corrected chi connectivity index (χ2v) is 4.29. The summed E-state index contributed by atoms with van der Waals surface area (Å²) < 4.78 is 10.4. The van der Waals surface area contributed by atoms with E-state index in [-0.39, 0.29) is 19.3 Å². The van der Waals surface area contributed by atoms with Gasteiger partial charge in [-0.25, -0.2) is 0 Å². The summed E-state index contributed by atoms with van der Waals surface area (Å²) in [5, 5.41) is 11.7. The molecule has 1 aliphatic rings. The van der Waals surface area contributed by atoms with E-state index < -0.39 is 0 Å². The number of nitrogens with one attached hydrogen (secondary N) is 1. The fourth-order valence-electron chi connectivity index (χ4n) is 1.64. The summed E-state index contributed by atoms with van der Waals surface area (Å²) in [6.07, 6.45) is 1.41. The molecule has 0 saturated carbocycles. The predicted octanol–water partition coefficient (Wildman–Crippen LogP) is 1.57. The van der Waals surface area contributed by atoms with Crippen molar-refractivity contribution in [1.82, 2.24) is 5.32 Å². The van der Waals surface area contributed by atoms with Crippen molar-refractivity contribution in [2.75, 3.05) is 19.9 Å². The van der Waals surface area contributed by atoms with Crippen LogP contribution in [0.15, 0.2) is 12.1 Å². The molecule has 0 spiro atoms. The third-order valence-corrected chi connectivity index (χ3v) is 2.84. The fourth-order valence-corrected chi connectivity index (χ4v) is 1.90. The largest absolute Gasteiger partial charge is 0.454 e. The number of hydrogen-bond acceptors (Lipinski definition) is 4. The molecule has 0 saturated heterocycles. The van der Waals surface area contributed by atoms with Crippen molar-refractivity contribution in [2.24, 2.45) is 0 Å². The maximum absolute atomic E-state index is 11.8. The third kappa shape index (κ3) is 2.86. The van der Waals surface area contributed by atoms with E-state index in [1.165, 1.54) is 0 Å². The van der Waals surface area contributed by atoms with Crippen LogP contribution in [0.5, 0.6) is 11.5 Å². The van der Waals surface area contributed by atoms with Crippen LogP contribution in [0.1, 0.15) is 23.2 Å². The van der Waals surface area contributed by atoms with Gasteiger partial charge in [0.1, 0.15) is 0 Å². The van der Waals surface area contributed by atoms with Crippen LogP contribution in [-0.2, 0) is 0 Å². The van der Waals surface area contributed by atoms with Crippen molar-refractivity contribution in [2.45, 2.75) is 12.8 Å². The number of fused-ring (bicyclic) bond motifs is 1. The van der Waals surface area contributed by atoms with E-state index in [4.69, 9.17) is 26.2 Å². The first kappa shape index (κ1) is 13.0. The zero-order chi connectivity index (χ0) is 13.0. The van der Waals surface area contributed by atoms with Gasteiger partial charge in [0, 0.05) is 18.7 Å². The molecular weight excluding hydrogens is 258 g/mol. The molecule has 1 heterocycles. The lowest BCUT2D eigenvalue weighted by molar-refractivity contribution is 0.0951. The minimum atomic E-state index is -0.215. The molecule has 98 valence electrons. The summed E-state index contributed by atoms with van der Waals surface area (Å²) in [7, 11) is 0. The second kappa shape index (κ2) is 5.93. The normalized spacial score (nSPS) is 12.6. The van der Waals surface area contributed by atoms with Gasteiger partial charge in [0.15, 0.2) is 11.5 Å². The highest BCUT2D eigenvalue weighted by atomic mass is 35.5. The Kier molecular flexibility index (Phi) is 4.28. The number of amides is 1. The molecule has 0 aromatic heterocycles. The van der Waals surface area contributed by atoms with Crippen LogP contribution < -0.4 is 14.8 Å². The molecule has 1 amide bonds. The zero-order valence-electron chi connectivity index (χ0n) is 9.74. The highest BCUT2D eigenvalue weighted by Crippen LogP contribution is 2.39. The van der Waals surface area contributed by atoms with Gasteiger partial charge in [-0.05, 0) is 25.0 Å². The molecule has 1 aliphatic heterocycles. The van der Waals surface area contributed by atoms with Crippen molar-refractivity contribution in [3.05, 3.63) is 22.7 Å². The van der Waals surface area contributed by atoms with E-state index in [0.29, 0.717) is 35.1 Å². The van der Waals surface area contributed by atoms with Gasteiger partial charge in [-0.1, -0.05) is 11.6 Å². The van der Waals surface area contributed by atoms with Gasteiger partial charge in [0.25, 0.3) is 5.91 Å². The Morgan fingerprint density at radius 2 is 2.22 bits per heavy atom. The number of unbranched alkanes of at least 4 members (excludes halogenated alkanes) is 1. The van der Waals surface area contributed by atoms with Gasteiger partial charge in [0.2, 0.25) is 6.79 Å². The zero-order valence-corrected chi connectivity index (χ0v) is 10.5. The van der Waals surface area contributed by atoms with Crippen molar-refractivity contribution < 1.29 is 19.4 Å². The van der Waals surface area contributed by atoms with Crippen molar-refractivity contribution in [1.29, 1.82) is 0 Å². The SMILES string of the molecule is O=C(NCCCCO)c1cc(Cl)c2c(c1)OCO2. The van der Waals surface area contributed by atoms with Gasteiger partial charge >= 0.3 is 0 Å². The Labute approximate surface area is 110 Å². The summed E-state index contributed by atoms with van der Waals surface area (Å²) in [6, 6.07) is 3.16. The predicted molar refractivity (Wildman–Crippen MR) is 66.2 cm³/mol. The Bertz CT molecular complexity index is 450. The summed E-state index contributed by atoms with van der Waals surface area (Å²) >= 11 is 5.98. The Balaban J connectivity index is 2.00. The standard InChI is InChI=1S/C12H14ClNO4/c13-9-5-8(6-10-11(9)18-7-17-10)12(16)14-3-1-2-4-15/h5-6,15H,1-4,7H2,(H,14,16). The molecule has 2 N–H and O–H groups in total. The summed E-state index contributed by atoms with van der Waals surface area (Å²) in [6.45, 7) is 0.772. The molecule has 5 nitrogen and oxygen atoms in total. The number of aliphatic hydroxyl groups is 1. The summed E-state index contributed by atoms with van der Waals surface area (Å²) in [5.74, 6) is 0.754. The lowest BCUT2D eigenvalue weighted by Gasteiger charge is -2.06. The van der Waals surface area contributed by atoms with Crippen molar-refractivity contribution in [3.8, 4) is 11.5 Å². The van der Waals surface area contributed by atoms with Crippen LogP contribution in [0.3, 0.4) is 0 Å². The summed E-state index contributed by atoms with van der Waals surface area (Å²) in [5.41, 5.74) is 0.438. The number of halogens is 1. The quantitative estimate of drug-likeness (QED) is 0.798. The molecule has 0 bridgehead atoms. The first-order chi connectivity index (χ1) is 8.72. The smallest absolute Gasteiger partial charge is 0.251 e. The maximum Gasteiger partial charge on any atom is 0.251 e. The minimum absolute atomic E-state index is 0.122. The number of ether oxygens (including phenoxy) is 2. The number of carbonyl (C=O) groups excluding carboxylic acids is 1. The number of hydrogen-bond donors (Lipinski definition) is 2. The Morgan fingerprint density at radius 3 is 3.00 bits per heavy atom. The summed E-state index contributed by atoms with van der Waals surface area (Å²) in [4.78, 5) is 11.8. The molecular formula is C12H14ClNO4. The molecule has 1 aromatic carbocycles. The van der Waals surface area contributed by atoms with E-state index in [9.17, 15) is 4.79 Å². The average molecular weight is 272 g/mol. The molecule has 0 unspecified atom stereocenters. The van der Waals surface area contributed by atoms with Crippen molar-refractivity contribution in [3.63, 3.8) is 0 Å². The van der Waals surface area contributed by atoms with Gasteiger partial charge in [0.05, 0.1) is 5.02 Å². The second-order valence-electron chi connectivity index (χ2n) is 3.88. The van der Waals surface area contributed by atoms with E-state index in [1.807, 2.05) is 0 Å². The molecule has 0 atom stereocenters. The van der Waals surface area contributed by atoms with Gasteiger partial charge < -0.3 is 19.9 Å². The van der Waals surface area contributed by atoms with Gasteiger partial charge in [-0.3, -0.25) is 4.79 Å². The number of benzene rings is 1. The van der Waals surface area contributed by atoms with Crippen LogP contribution in [-0.4, -0.2) is 31.0 Å². The number of rotatable bonds is 5. The lowest BCUT2D eigenvalue weighted by atomic mass is 10.2. The molecule has 18 heavy (non-hydrogen) atoms. The minimum Gasteiger partial charge on any atom is -0.454 e. The monoisotopic (exact) mass is 271 g/mol.